The molecule has 3 N–H and O–H groups in total. The average Bonchev–Trinajstić information content (AvgIpc) is 1.64. The number of aliphatic carboxylic acids is 1. The maximum absolute atomic E-state index is 10.3. The van der Waals surface area contributed by atoms with Crippen LogP contribution < -0.4 is 5.73 Å². The van der Waals surface area contributed by atoms with E-state index in [4.69, 9.17) is 10.8 Å². The van der Waals surface area contributed by atoms with Crippen molar-refractivity contribution in [3.8, 4) is 0 Å². The van der Waals surface area contributed by atoms with Gasteiger partial charge in [0.2, 0.25) is 0 Å². The van der Waals surface area contributed by atoms with Gasteiger partial charge >= 0.3 is 5.97 Å². The van der Waals surface area contributed by atoms with Crippen molar-refractivity contribution in [3.63, 3.8) is 0 Å². The van der Waals surface area contributed by atoms with Crippen molar-refractivity contribution in [1.29, 1.82) is 0 Å². The van der Waals surface area contributed by atoms with Crippen LogP contribution in [0.1, 0.15) is 0 Å². The lowest BCUT2D eigenvalue weighted by Gasteiger charge is -2.16. The number of carboxylic acid groups (broad SMARTS) is 1. The van der Waals surface area contributed by atoms with E-state index >= 15 is 0 Å². The van der Waals surface area contributed by atoms with Crippen molar-refractivity contribution < 1.29 is 9.90 Å². The Morgan fingerprint density at radius 2 is 2.10 bits per heavy atom. The lowest BCUT2D eigenvalue weighted by atomic mass is 10.3. The van der Waals surface area contributed by atoms with E-state index < -0.39 is 12.0 Å². The van der Waals surface area contributed by atoms with E-state index in [1.54, 1.807) is 19.0 Å². The van der Waals surface area contributed by atoms with Crippen LogP contribution in [0.5, 0.6) is 0 Å². The quantitative estimate of drug-likeness (QED) is 0.590. The Hall–Kier alpha value is -0.320. The number of hydrogen-bond acceptors (Lipinski definition) is 3. The van der Waals surface area contributed by atoms with Gasteiger partial charge in [0.15, 0.2) is 0 Å². The predicted molar refractivity (Wildman–Crippen MR) is 41.4 cm³/mol. The molecule has 62 valence electrons. The smallest absolute Gasteiger partial charge is 0.322 e. The zero-order valence-electron chi connectivity index (χ0n) is 6.07. The zero-order valence-corrected chi connectivity index (χ0v) is 6.89. The van der Waals surface area contributed by atoms with E-state index in [2.05, 4.69) is 0 Å². The molecule has 0 fully saturated rings. The number of carbonyl (C=O) groups is 1. The summed E-state index contributed by atoms with van der Waals surface area (Å²) in [5.74, 6) is -0.873. The molecular formula is C5H13ClN2O2. The first-order chi connectivity index (χ1) is 4.09. The lowest BCUT2D eigenvalue weighted by Crippen LogP contribution is -2.41. The molecule has 10 heavy (non-hydrogen) atoms. The summed E-state index contributed by atoms with van der Waals surface area (Å²) in [6, 6.07) is -0.551. The first kappa shape index (κ1) is 12.4. The van der Waals surface area contributed by atoms with Gasteiger partial charge in [0.1, 0.15) is 6.04 Å². The van der Waals surface area contributed by atoms with Gasteiger partial charge in [0, 0.05) is 6.54 Å². The van der Waals surface area contributed by atoms with Gasteiger partial charge in [-0.1, -0.05) is 0 Å². The lowest BCUT2D eigenvalue weighted by molar-refractivity contribution is -0.141. The van der Waals surface area contributed by atoms with Gasteiger partial charge in [-0.2, -0.15) is 0 Å². The molecule has 0 aliphatic carbocycles. The highest BCUT2D eigenvalue weighted by molar-refractivity contribution is 5.85. The SMILES string of the molecule is CN(C)[C@@H](CN)C(=O)O.Cl. The van der Waals surface area contributed by atoms with Crippen molar-refractivity contribution in [2.75, 3.05) is 20.6 Å². The molecule has 0 aromatic heterocycles. The second-order valence-corrected chi connectivity index (χ2v) is 2.05. The fourth-order valence-corrected chi connectivity index (χ4v) is 0.533. The Morgan fingerprint density at radius 1 is 1.70 bits per heavy atom. The van der Waals surface area contributed by atoms with Crippen molar-refractivity contribution in [2.24, 2.45) is 5.73 Å². The minimum Gasteiger partial charge on any atom is -0.480 e. The Balaban J connectivity index is 0. The van der Waals surface area contributed by atoms with E-state index in [1.807, 2.05) is 0 Å². The molecule has 0 saturated heterocycles. The molecule has 4 nitrogen and oxygen atoms in total. The van der Waals surface area contributed by atoms with Crippen LogP contribution in [0.25, 0.3) is 0 Å². The van der Waals surface area contributed by atoms with Gasteiger partial charge in [0.25, 0.3) is 0 Å². The van der Waals surface area contributed by atoms with Crippen molar-refractivity contribution >= 4 is 18.4 Å². The molecule has 0 bridgehead atoms. The third-order valence-electron chi connectivity index (χ3n) is 1.13. The number of halogens is 1. The van der Waals surface area contributed by atoms with Crippen LogP contribution in [0.4, 0.5) is 0 Å². The third kappa shape index (κ3) is 3.66. The third-order valence-corrected chi connectivity index (χ3v) is 1.13. The fourth-order valence-electron chi connectivity index (χ4n) is 0.533. The molecule has 0 amide bonds. The first-order valence-electron chi connectivity index (χ1n) is 2.69. The van der Waals surface area contributed by atoms with Crippen molar-refractivity contribution in [2.45, 2.75) is 6.04 Å². The van der Waals surface area contributed by atoms with Gasteiger partial charge in [-0.15, -0.1) is 12.4 Å². The second kappa shape index (κ2) is 5.46. The van der Waals surface area contributed by atoms with E-state index in [9.17, 15) is 4.79 Å². The summed E-state index contributed by atoms with van der Waals surface area (Å²) in [5.41, 5.74) is 5.15. The zero-order chi connectivity index (χ0) is 7.44. The fraction of sp³-hybridized carbons (Fsp3) is 0.800. The molecule has 0 unspecified atom stereocenters. The van der Waals surface area contributed by atoms with Gasteiger partial charge in [-0.25, -0.2) is 0 Å². The topological polar surface area (TPSA) is 66.6 Å². The Morgan fingerprint density at radius 3 is 2.10 bits per heavy atom. The van der Waals surface area contributed by atoms with E-state index in [-0.39, 0.29) is 19.0 Å². The minimum atomic E-state index is -0.873. The normalized spacial score (nSPS) is 12.4. The van der Waals surface area contributed by atoms with Gasteiger partial charge < -0.3 is 10.8 Å². The van der Waals surface area contributed by atoms with Crippen LogP contribution in [-0.4, -0.2) is 42.7 Å². The summed E-state index contributed by atoms with van der Waals surface area (Å²) in [7, 11) is 3.37. The highest BCUT2D eigenvalue weighted by Gasteiger charge is 2.16. The number of nitrogens with zero attached hydrogens (tertiary/aromatic N) is 1. The Labute approximate surface area is 66.4 Å². The number of hydrogen-bond donors (Lipinski definition) is 2. The van der Waals surface area contributed by atoms with Gasteiger partial charge in [-0.3, -0.25) is 9.69 Å². The Kier molecular flexibility index (Phi) is 6.76. The highest BCUT2D eigenvalue weighted by atomic mass is 35.5. The molecule has 0 aromatic carbocycles. The summed E-state index contributed by atoms with van der Waals surface area (Å²) in [4.78, 5) is 11.8. The predicted octanol–water partition coefficient (Wildman–Crippen LogP) is -0.618. The van der Waals surface area contributed by atoms with Crippen molar-refractivity contribution in [3.05, 3.63) is 0 Å². The number of rotatable bonds is 3. The number of carboxylic acids is 1. The molecule has 5 heteroatoms. The van der Waals surface area contributed by atoms with Crippen LogP contribution in [0.15, 0.2) is 0 Å². The molecule has 1 atom stereocenters. The van der Waals surface area contributed by atoms with Gasteiger partial charge in [0.05, 0.1) is 0 Å². The van der Waals surface area contributed by atoms with Gasteiger partial charge in [-0.05, 0) is 14.1 Å². The molecule has 0 radical (unpaired) electrons. The molecular weight excluding hydrogens is 156 g/mol. The summed E-state index contributed by atoms with van der Waals surface area (Å²) < 4.78 is 0. The summed E-state index contributed by atoms with van der Waals surface area (Å²) >= 11 is 0. The number of likely N-dealkylation sites (N-methyl/N-ethyl adjacent to an activating group) is 1. The van der Waals surface area contributed by atoms with E-state index in [1.165, 1.54) is 0 Å². The minimum absolute atomic E-state index is 0. The van der Waals surface area contributed by atoms with Crippen molar-refractivity contribution in [1.82, 2.24) is 4.90 Å². The maximum atomic E-state index is 10.3. The summed E-state index contributed by atoms with van der Waals surface area (Å²) in [6.45, 7) is 0.155. The van der Waals surface area contributed by atoms with Crippen LogP contribution in [-0.2, 0) is 4.79 Å². The largest absolute Gasteiger partial charge is 0.480 e. The molecule has 0 rings (SSSR count). The maximum Gasteiger partial charge on any atom is 0.322 e. The molecule has 0 aromatic rings. The highest BCUT2D eigenvalue weighted by Crippen LogP contribution is 1.88. The molecule has 0 aliphatic rings. The van der Waals surface area contributed by atoms with Crippen LogP contribution in [0.2, 0.25) is 0 Å². The number of nitrogens with two attached hydrogens (primary N) is 1. The molecule has 0 spiro atoms. The van der Waals surface area contributed by atoms with Crippen LogP contribution in [0, 0.1) is 0 Å². The van der Waals surface area contributed by atoms with E-state index in [0.29, 0.717) is 0 Å². The van der Waals surface area contributed by atoms with Crippen LogP contribution >= 0.6 is 12.4 Å². The second-order valence-electron chi connectivity index (χ2n) is 2.05. The molecule has 0 aliphatic heterocycles. The average molecular weight is 169 g/mol. The molecule has 0 saturated carbocycles. The Bertz CT molecular complexity index is 108. The van der Waals surface area contributed by atoms with E-state index in [0.717, 1.165) is 0 Å². The molecule has 0 heterocycles. The first-order valence-corrected chi connectivity index (χ1v) is 2.69. The monoisotopic (exact) mass is 168 g/mol. The summed E-state index contributed by atoms with van der Waals surface area (Å²) in [5, 5.41) is 8.42. The standard InChI is InChI=1S/C5H12N2O2.ClH/c1-7(2)4(3-6)5(8)9;/h4H,3,6H2,1-2H3,(H,8,9);1H/t4-;/m0./s1. The van der Waals surface area contributed by atoms with Crippen LogP contribution in [0.3, 0.4) is 0 Å². The summed E-state index contributed by atoms with van der Waals surface area (Å²) in [6.07, 6.45) is 0.